The molecule has 0 bridgehead atoms. The number of para-hydroxylation sites is 1. The van der Waals surface area contributed by atoms with Crippen molar-refractivity contribution in [2.75, 3.05) is 33.0 Å². The molecule has 70 heavy (non-hydrogen) atoms. The topological polar surface area (TPSA) is 233 Å². The Labute approximate surface area is 410 Å². The predicted octanol–water partition coefficient (Wildman–Crippen LogP) is 12.1. The van der Waals surface area contributed by atoms with Crippen molar-refractivity contribution in [2.24, 2.45) is 11.8 Å². The Balaban J connectivity index is 0.000000437. The normalized spacial score (nSPS) is 9.94. The summed E-state index contributed by atoms with van der Waals surface area (Å²) in [5.41, 5.74) is 2.29. The van der Waals surface area contributed by atoms with Crippen molar-refractivity contribution < 1.29 is 73.2 Å². The van der Waals surface area contributed by atoms with Gasteiger partial charge in [0.25, 0.3) is 0 Å². The van der Waals surface area contributed by atoms with E-state index in [1.807, 2.05) is 13.8 Å². The maximum atomic E-state index is 10.8. The number of hydrogen-bond donors (Lipinski definition) is 5. The number of carboxylic acid groups (broad SMARTS) is 5. The lowest BCUT2D eigenvalue weighted by atomic mass is 10.1. The lowest BCUT2D eigenvalue weighted by molar-refractivity contribution is 0.0682. The number of benzene rings is 5. The Morgan fingerprint density at radius 1 is 0.500 bits per heavy atom. The third-order valence-electron chi connectivity index (χ3n) is 8.80. The van der Waals surface area contributed by atoms with E-state index in [9.17, 15) is 24.0 Å². The Kier molecular flexibility index (Phi) is 30.6. The van der Waals surface area contributed by atoms with Crippen LogP contribution in [0, 0.1) is 11.8 Å². The lowest BCUT2D eigenvalue weighted by Crippen LogP contribution is -2.05. The van der Waals surface area contributed by atoms with Crippen LogP contribution in [0.2, 0.25) is 0 Å². The highest BCUT2D eigenvalue weighted by Crippen LogP contribution is 2.19. The molecule has 5 N–H and O–H groups in total. The van der Waals surface area contributed by atoms with Crippen LogP contribution in [0.4, 0.5) is 0 Å². The maximum absolute atomic E-state index is 10.8. The van der Waals surface area contributed by atoms with Gasteiger partial charge in [-0.15, -0.1) is 6.58 Å². The summed E-state index contributed by atoms with van der Waals surface area (Å²) in [6.07, 6.45) is 5.75. The molecule has 5 aromatic carbocycles. The fraction of sp³-hybridized carbons (Fsp3) is 0.327. The van der Waals surface area contributed by atoms with Gasteiger partial charge in [0.15, 0.2) is 0 Å². The number of rotatable bonds is 23. The minimum Gasteiger partial charge on any atom is -0.494 e. The molecule has 0 atom stereocenters. The summed E-state index contributed by atoms with van der Waals surface area (Å²) >= 11 is 0. The molecular formula is C55H68O15. The Morgan fingerprint density at radius 2 is 0.943 bits per heavy atom. The van der Waals surface area contributed by atoms with Gasteiger partial charge >= 0.3 is 29.8 Å². The van der Waals surface area contributed by atoms with E-state index in [0.717, 1.165) is 37.0 Å². The van der Waals surface area contributed by atoms with Gasteiger partial charge in [0.05, 0.1) is 61.9 Å². The van der Waals surface area contributed by atoms with Crippen LogP contribution in [0.5, 0.6) is 23.0 Å². The maximum Gasteiger partial charge on any atom is 0.339 e. The summed E-state index contributed by atoms with van der Waals surface area (Å²) in [6, 6.07) is 32.7. The van der Waals surface area contributed by atoms with Crippen LogP contribution in [-0.2, 0) is 11.3 Å². The molecule has 0 unspecified atom stereocenters. The van der Waals surface area contributed by atoms with Gasteiger partial charge in [-0.05, 0) is 121 Å². The Hall–Kier alpha value is -7.65. The van der Waals surface area contributed by atoms with Crippen LogP contribution in [0.15, 0.2) is 134 Å². The van der Waals surface area contributed by atoms with Crippen molar-refractivity contribution >= 4 is 29.8 Å². The van der Waals surface area contributed by atoms with Crippen molar-refractivity contribution in [1.82, 2.24) is 0 Å². The minimum atomic E-state index is -0.947. The monoisotopic (exact) mass is 968 g/mol. The first-order valence-electron chi connectivity index (χ1n) is 22.8. The molecule has 15 heteroatoms. The fourth-order valence-corrected chi connectivity index (χ4v) is 5.07. The first-order valence-corrected chi connectivity index (χ1v) is 22.8. The molecule has 5 rings (SSSR count). The van der Waals surface area contributed by atoms with E-state index in [2.05, 4.69) is 34.3 Å². The van der Waals surface area contributed by atoms with Gasteiger partial charge in [0.2, 0.25) is 0 Å². The van der Waals surface area contributed by atoms with Gasteiger partial charge in [-0.25, -0.2) is 24.0 Å². The smallest absolute Gasteiger partial charge is 0.339 e. The van der Waals surface area contributed by atoms with Gasteiger partial charge in [0, 0.05) is 0 Å². The van der Waals surface area contributed by atoms with Gasteiger partial charge in [-0.3, -0.25) is 0 Å². The van der Waals surface area contributed by atoms with E-state index in [-0.39, 0.29) is 27.8 Å². The van der Waals surface area contributed by atoms with Crippen molar-refractivity contribution in [1.29, 1.82) is 0 Å². The Bertz CT molecular complexity index is 2290. The number of hydrogen-bond acceptors (Lipinski definition) is 10. The molecule has 0 amide bonds. The third-order valence-corrected chi connectivity index (χ3v) is 8.80. The van der Waals surface area contributed by atoms with Crippen molar-refractivity contribution in [2.45, 2.75) is 73.8 Å². The average Bonchev–Trinajstić information content (AvgIpc) is 3.34. The van der Waals surface area contributed by atoms with Gasteiger partial charge in [-0.2, -0.15) is 0 Å². The highest BCUT2D eigenvalue weighted by Gasteiger charge is 2.10. The van der Waals surface area contributed by atoms with Crippen molar-refractivity contribution in [3.63, 3.8) is 0 Å². The summed E-state index contributed by atoms with van der Waals surface area (Å²) in [5.74, 6) is -1.22. The molecule has 0 aromatic heterocycles. The van der Waals surface area contributed by atoms with Gasteiger partial charge in [-0.1, -0.05) is 90.8 Å². The molecule has 0 saturated carbocycles. The molecular weight excluding hydrogens is 901 g/mol. The quantitative estimate of drug-likeness (QED) is 0.0303. The van der Waals surface area contributed by atoms with Crippen LogP contribution in [-0.4, -0.2) is 88.4 Å². The fourth-order valence-electron chi connectivity index (χ4n) is 5.07. The predicted molar refractivity (Wildman–Crippen MR) is 268 cm³/mol. The number of ether oxygens (including phenoxy) is 5. The zero-order valence-electron chi connectivity index (χ0n) is 40.9. The zero-order chi connectivity index (χ0) is 52.3. The van der Waals surface area contributed by atoms with Crippen LogP contribution in [0.3, 0.4) is 0 Å². The summed E-state index contributed by atoms with van der Waals surface area (Å²) in [6.45, 7) is 19.4. The SMILES string of the molecule is C=CCOCc1ccc(C(=O)O)cc1.CC(C)COc1ccc(C(=O)O)cc1.CC(C)COc1cccc(C(=O)O)c1.CCCCOc1ccc(C(=O)O)cc1.CCCCOc1ccccc1C(=O)O. The molecule has 0 spiro atoms. The Morgan fingerprint density at radius 3 is 1.39 bits per heavy atom. The summed E-state index contributed by atoms with van der Waals surface area (Å²) in [7, 11) is 0. The van der Waals surface area contributed by atoms with Crippen LogP contribution in [0.25, 0.3) is 0 Å². The van der Waals surface area contributed by atoms with Gasteiger partial charge < -0.3 is 49.2 Å². The highest BCUT2D eigenvalue weighted by molar-refractivity contribution is 5.91. The van der Waals surface area contributed by atoms with Crippen molar-refractivity contribution in [3.8, 4) is 23.0 Å². The molecule has 15 nitrogen and oxygen atoms in total. The molecule has 5 aromatic rings. The van der Waals surface area contributed by atoms with E-state index in [1.165, 1.54) is 18.2 Å². The lowest BCUT2D eigenvalue weighted by Gasteiger charge is -2.08. The second kappa shape index (κ2) is 35.5. The van der Waals surface area contributed by atoms with E-state index in [0.29, 0.717) is 68.7 Å². The molecule has 0 radical (unpaired) electrons. The first kappa shape index (κ1) is 60.4. The molecule has 0 fully saturated rings. The van der Waals surface area contributed by atoms with E-state index in [4.69, 9.17) is 49.2 Å². The highest BCUT2D eigenvalue weighted by atomic mass is 16.5. The summed E-state index contributed by atoms with van der Waals surface area (Å²) < 4.78 is 26.8. The van der Waals surface area contributed by atoms with Crippen LogP contribution in [0.1, 0.15) is 125 Å². The van der Waals surface area contributed by atoms with Crippen LogP contribution >= 0.6 is 0 Å². The summed E-state index contributed by atoms with van der Waals surface area (Å²) in [4.78, 5) is 53.0. The van der Waals surface area contributed by atoms with E-state index >= 15 is 0 Å². The van der Waals surface area contributed by atoms with Crippen LogP contribution < -0.4 is 18.9 Å². The average molecular weight is 969 g/mol. The van der Waals surface area contributed by atoms with E-state index in [1.54, 1.807) is 109 Å². The largest absolute Gasteiger partial charge is 0.494 e. The van der Waals surface area contributed by atoms with Gasteiger partial charge in [0.1, 0.15) is 28.6 Å². The second-order valence-corrected chi connectivity index (χ2v) is 15.9. The minimum absolute atomic E-state index is 0.226. The first-order chi connectivity index (χ1) is 33.4. The van der Waals surface area contributed by atoms with Crippen molar-refractivity contribution in [3.05, 3.63) is 167 Å². The number of aromatic carboxylic acids is 5. The molecule has 0 aliphatic rings. The molecule has 378 valence electrons. The molecule has 0 heterocycles. The number of unbranched alkanes of at least 4 members (excludes halogenated alkanes) is 2. The van der Waals surface area contributed by atoms with E-state index < -0.39 is 29.8 Å². The third kappa shape index (κ3) is 27.2. The standard InChI is InChI=1S/2C11H14O3.C11H12O3.2C11H14O3/c1-8(2)7-14-10-5-3-9(4-6-10)11(12)13;1-8(2)7-14-10-5-3-4-9(6-10)11(12)13;1-2-7-14-8-9-3-5-10(6-4-9)11(12)13;1-2-3-8-14-10-6-4-9(5-7-10)11(12)13;1-2-3-8-14-10-7-5-4-6-9(10)11(12)13/h2*3-6,8H,7H2,1-2H3,(H,12,13);2-6H,1,7-8H2,(H,12,13);2*4-7H,2-3,8H2,1H3,(H,12,13). The molecule has 0 aliphatic heterocycles. The molecule has 0 aliphatic carbocycles. The second-order valence-electron chi connectivity index (χ2n) is 15.9. The zero-order valence-corrected chi connectivity index (χ0v) is 40.9. The summed E-state index contributed by atoms with van der Waals surface area (Å²) in [5, 5.41) is 43.5. The number of carboxylic acids is 5. The molecule has 0 saturated heterocycles. The number of carbonyl (C=O) groups is 5.